The quantitative estimate of drug-likeness (QED) is 0.635. The molecule has 0 nitrogen and oxygen atoms in total. The Morgan fingerprint density at radius 3 is 1.71 bits per heavy atom. The zero-order chi connectivity index (χ0) is 10.9. The standard InChI is InChI=1S/C11H9F3/c1-4-7-6(3)9(12)8(5-2)11(14)10(7)13/h4-5H,1-2H2,3H3. The van der Waals surface area contributed by atoms with Crippen molar-refractivity contribution in [2.45, 2.75) is 6.92 Å². The summed E-state index contributed by atoms with van der Waals surface area (Å²) in [6.45, 7) is 7.87. The molecule has 0 aliphatic carbocycles. The molecule has 0 amide bonds. The molecule has 3 heteroatoms. The highest BCUT2D eigenvalue weighted by Gasteiger charge is 2.18. The summed E-state index contributed by atoms with van der Waals surface area (Å²) in [4.78, 5) is 0. The minimum Gasteiger partial charge on any atom is -0.206 e. The normalized spacial score (nSPS) is 10.0. The van der Waals surface area contributed by atoms with E-state index in [9.17, 15) is 13.2 Å². The van der Waals surface area contributed by atoms with E-state index in [0.29, 0.717) is 0 Å². The molecule has 0 aliphatic heterocycles. The highest BCUT2D eigenvalue weighted by atomic mass is 19.2. The summed E-state index contributed by atoms with van der Waals surface area (Å²) in [7, 11) is 0. The van der Waals surface area contributed by atoms with E-state index in [1.807, 2.05) is 0 Å². The van der Waals surface area contributed by atoms with Crippen LogP contribution in [0.5, 0.6) is 0 Å². The van der Waals surface area contributed by atoms with Gasteiger partial charge in [-0.1, -0.05) is 25.3 Å². The number of hydrogen-bond donors (Lipinski definition) is 0. The Balaban J connectivity index is 3.71. The first-order chi connectivity index (χ1) is 6.54. The maximum absolute atomic E-state index is 13.4. The van der Waals surface area contributed by atoms with Gasteiger partial charge in [-0.3, -0.25) is 0 Å². The van der Waals surface area contributed by atoms with Crippen molar-refractivity contribution in [1.29, 1.82) is 0 Å². The van der Waals surface area contributed by atoms with Crippen LogP contribution >= 0.6 is 0 Å². The molecule has 0 saturated carbocycles. The van der Waals surface area contributed by atoms with Crippen LogP contribution in [0.4, 0.5) is 13.2 Å². The molecule has 0 radical (unpaired) electrons. The molecule has 0 saturated heterocycles. The van der Waals surface area contributed by atoms with E-state index < -0.39 is 23.0 Å². The van der Waals surface area contributed by atoms with Crippen LogP contribution in [0, 0.1) is 24.4 Å². The third-order valence-electron chi connectivity index (χ3n) is 2.04. The molecule has 1 aromatic rings. The number of benzene rings is 1. The molecule has 1 rings (SSSR count). The summed E-state index contributed by atoms with van der Waals surface area (Å²) in [5, 5.41) is 0. The lowest BCUT2D eigenvalue weighted by molar-refractivity contribution is 0.487. The van der Waals surface area contributed by atoms with E-state index >= 15 is 0 Å². The second-order valence-corrected chi connectivity index (χ2v) is 2.80. The van der Waals surface area contributed by atoms with Gasteiger partial charge in [0.2, 0.25) is 0 Å². The van der Waals surface area contributed by atoms with Crippen molar-refractivity contribution in [3.63, 3.8) is 0 Å². The molecular weight excluding hydrogens is 189 g/mol. The van der Waals surface area contributed by atoms with Crippen LogP contribution in [0.25, 0.3) is 12.2 Å². The summed E-state index contributed by atoms with van der Waals surface area (Å²) in [5.74, 6) is -3.11. The van der Waals surface area contributed by atoms with Gasteiger partial charge in [0.05, 0.1) is 0 Å². The zero-order valence-corrected chi connectivity index (χ0v) is 7.70. The molecular formula is C11H9F3. The molecule has 74 valence electrons. The van der Waals surface area contributed by atoms with Crippen molar-refractivity contribution in [3.8, 4) is 0 Å². The molecule has 0 heterocycles. The van der Waals surface area contributed by atoms with Crippen molar-refractivity contribution in [1.82, 2.24) is 0 Å². The molecule has 0 unspecified atom stereocenters. The average molecular weight is 198 g/mol. The first-order valence-corrected chi connectivity index (χ1v) is 3.96. The maximum Gasteiger partial charge on any atom is 0.169 e. The van der Waals surface area contributed by atoms with E-state index in [1.54, 1.807) is 0 Å². The predicted molar refractivity (Wildman–Crippen MR) is 51.2 cm³/mol. The van der Waals surface area contributed by atoms with Crippen molar-refractivity contribution >= 4 is 12.2 Å². The molecule has 0 atom stereocenters. The molecule has 0 aliphatic rings. The van der Waals surface area contributed by atoms with E-state index in [4.69, 9.17) is 0 Å². The first kappa shape index (κ1) is 10.6. The fraction of sp³-hybridized carbons (Fsp3) is 0.0909. The Morgan fingerprint density at radius 2 is 1.29 bits per heavy atom. The van der Waals surface area contributed by atoms with Crippen LogP contribution in [0.15, 0.2) is 13.2 Å². The van der Waals surface area contributed by atoms with Crippen LogP contribution in [-0.2, 0) is 0 Å². The second-order valence-electron chi connectivity index (χ2n) is 2.80. The van der Waals surface area contributed by atoms with Crippen molar-refractivity contribution in [3.05, 3.63) is 47.3 Å². The second kappa shape index (κ2) is 3.70. The molecule has 1 aromatic carbocycles. The van der Waals surface area contributed by atoms with Gasteiger partial charge >= 0.3 is 0 Å². The summed E-state index contributed by atoms with van der Waals surface area (Å²) in [6.07, 6.45) is 2.04. The molecule has 0 fully saturated rings. The van der Waals surface area contributed by atoms with Gasteiger partial charge in [0.25, 0.3) is 0 Å². The average Bonchev–Trinajstić information content (AvgIpc) is 2.17. The van der Waals surface area contributed by atoms with Gasteiger partial charge < -0.3 is 0 Å². The van der Waals surface area contributed by atoms with Crippen molar-refractivity contribution in [2.75, 3.05) is 0 Å². The highest BCUT2D eigenvalue weighted by molar-refractivity contribution is 5.60. The third-order valence-corrected chi connectivity index (χ3v) is 2.04. The topological polar surface area (TPSA) is 0 Å². The lowest BCUT2D eigenvalue weighted by Crippen LogP contribution is -2.01. The third kappa shape index (κ3) is 1.35. The summed E-state index contributed by atoms with van der Waals surface area (Å²) >= 11 is 0. The largest absolute Gasteiger partial charge is 0.206 e. The Labute approximate surface area is 80.4 Å². The number of rotatable bonds is 2. The van der Waals surface area contributed by atoms with E-state index in [1.165, 1.54) is 6.92 Å². The Morgan fingerprint density at radius 1 is 0.857 bits per heavy atom. The minimum atomic E-state index is -1.22. The van der Waals surface area contributed by atoms with Crippen LogP contribution < -0.4 is 0 Å². The van der Waals surface area contributed by atoms with Gasteiger partial charge in [-0.05, 0) is 12.5 Å². The Kier molecular flexibility index (Phi) is 2.79. The molecule has 0 bridgehead atoms. The van der Waals surface area contributed by atoms with E-state index in [2.05, 4.69) is 13.2 Å². The monoisotopic (exact) mass is 198 g/mol. The smallest absolute Gasteiger partial charge is 0.169 e. The van der Waals surface area contributed by atoms with Gasteiger partial charge in [0.15, 0.2) is 11.6 Å². The Bertz CT molecular complexity index is 337. The minimum absolute atomic E-state index is 0.0359. The predicted octanol–water partition coefficient (Wildman–Crippen LogP) is 3.70. The molecule has 0 spiro atoms. The van der Waals surface area contributed by atoms with Crippen LogP contribution in [0.3, 0.4) is 0 Å². The zero-order valence-electron chi connectivity index (χ0n) is 7.70. The maximum atomic E-state index is 13.4. The van der Waals surface area contributed by atoms with Crippen molar-refractivity contribution < 1.29 is 13.2 Å². The van der Waals surface area contributed by atoms with Gasteiger partial charge in [0, 0.05) is 11.1 Å². The fourth-order valence-electron chi connectivity index (χ4n) is 1.24. The lowest BCUT2D eigenvalue weighted by Gasteiger charge is -2.08. The van der Waals surface area contributed by atoms with Gasteiger partial charge in [0.1, 0.15) is 5.82 Å². The highest BCUT2D eigenvalue weighted by Crippen LogP contribution is 2.25. The molecule has 0 N–H and O–H groups in total. The Hall–Kier alpha value is -1.51. The first-order valence-electron chi connectivity index (χ1n) is 3.96. The van der Waals surface area contributed by atoms with Crippen LogP contribution in [-0.4, -0.2) is 0 Å². The van der Waals surface area contributed by atoms with Crippen LogP contribution in [0.2, 0.25) is 0 Å². The number of halogens is 3. The number of hydrogen-bond acceptors (Lipinski definition) is 0. The van der Waals surface area contributed by atoms with Gasteiger partial charge in [-0.25, -0.2) is 13.2 Å². The summed E-state index contributed by atoms with van der Waals surface area (Å²) in [6, 6.07) is 0. The van der Waals surface area contributed by atoms with E-state index in [-0.39, 0.29) is 11.1 Å². The SMILES string of the molecule is C=Cc1c(C)c(F)c(C=C)c(F)c1F. The van der Waals surface area contributed by atoms with Crippen LogP contribution in [0.1, 0.15) is 16.7 Å². The fourth-order valence-corrected chi connectivity index (χ4v) is 1.24. The molecule has 0 aromatic heterocycles. The summed E-state index contributed by atoms with van der Waals surface area (Å²) in [5.41, 5.74) is -0.551. The lowest BCUT2D eigenvalue weighted by atomic mass is 10.0. The van der Waals surface area contributed by atoms with E-state index in [0.717, 1.165) is 12.2 Å². The molecule has 14 heavy (non-hydrogen) atoms. The van der Waals surface area contributed by atoms with Gasteiger partial charge in [-0.15, -0.1) is 0 Å². The van der Waals surface area contributed by atoms with Gasteiger partial charge in [-0.2, -0.15) is 0 Å². The summed E-state index contributed by atoms with van der Waals surface area (Å²) < 4.78 is 39.8. The van der Waals surface area contributed by atoms with Crippen molar-refractivity contribution in [2.24, 2.45) is 0 Å².